The molecule has 9 heteroatoms. The van der Waals surface area contributed by atoms with Crippen molar-refractivity contribution in [1.82, 2.24) is 4.57 Å². The second kappa shape index (κ2) is 8.41. The number of carbonyl (C=O) groups is 1. The minimum absolute atomic E-state index is 0.0699. The Balaban J connectivity index is 1.56. The summed E-state index contributed by atoms with van der Waals surface area (Å²) in [4.78, 5) is 25.8. The molecular formula is C23H19F3N2O4. The molecule has 1 aromatic heterocycles. The zero-order chi connectivity index (χ0) is 22.9. The van der Waals surface area contributed by atoms with Gasteiger partial charge in [0.15, 0.2) is 0 Å². The molecule has 0 saturated heterocycles. The molecule has 1 aliphatic carbocycles. The fourth-order valence-electron chi connectivity index (χ4n) is 3.95. The molecule has 32 heavy (non-hydrogen) atoms. The van der Waals surface area contributed by atoms with Crippen molar-refractivity contribution in [3.05, 3.63) is 87.8 Å². The molecule has 0 spiro atoms. The first-order valence-corrected chi connectivity index (χ1v) is 9.81. The topological polar surface area (TPSA) is 69.6 Å². The Hall–Kier alpha value is -3.75. The minimum atomic E-state index is -4.80. The van der Waals surface area contributed by atoms with Gasteiger partial charge in [-0.15, -0.1) is 13.2 Å². The summed E-state index contributed by atoms with van der Waals surface area (Å²) in [5.74, 6) is -0.296. The van der Waals surface area contributed by atoms with Gasteiger partial charge in [-0.25, -0.2) is 0 Å². The van der Waals surface area contributed by atoms with Gasteiger partial charge in [0.05, 0.1) is 13.2 Å². The van der Waals surface area contributed by atoms with Gasteiger partial charge in [0.2, 0.25) is 0 Å². The zero-order valence-electron chi connectivity index (χ0n) is 17.0. The third kappa shape index (κ3) is 4.32. The van der Waals surface area contributed by atoms with Crippen LogP contribution in [-0.4, -0.2) is 23.9 Å². The highest BCUT2D eigenvalue weighted by Gasteiger charge is 2.31. The SMILES string of the molecule is COc1cccc2c1CCC2n1cccc(C(=O)Nc2ccc(OC(F)(F)F)cc2)c1=O. The molecule has 1 unspecified atom stereocenters. The van der Waals surface area contributed by atoms with E-state index in [0.29, 0.717) is 6.42 Å². The van der Waals surface area contributed by atoms with Gasteiger partial charge in [-0.1, -0.05) is 12.1 Å². The number of aromatic nitrogens is 1. The number of hydrogen-bond donors (Lipinski definition) is 1. The van der Waals surface area contributed by atoms with E-state index in [1.165, 1.54) is 22.8 Å². The van der Waals surface area contributed by atoms with E-state index in [1.54, 1.807) is 19.4 Å². The Morgan fingerprint density at radius 1 is 1.09 bits per heavy atom. The van der Waals surface area contributed by atoms with Crippen molar-refractivity contribution in [1.29, 1.82) is 0 Å². The maximum atomic E-state index is 13.1. The first-order chi connectivity index (χ1) is 15.3. The van der Waals surface area contributed by atoms with E-state index in [-0.39, 0.29) is 17.3 Å². The van der Waals surface area contributed by atoms with Crippen LogP contribution in [0.5, 0.6) is 11.5 Å². The Morgan fingerprint density at radius 2 is 1.84 bits per heavy atom. The quantitative estimate of drug-likeness (QED) is 0.627. The van der Waals surface area contributed by atoms with Gasteiger partial charge in [0.1, 0.15) is 17.1 Å². The van der Waals surface area contributed by atoms with Crippen LogP contribution in [0.1, 0.15) is 33.9 Å². The lowest BCUT2D eigenvalue weighted by atomic mass is 10.1. The van der Waals surface area contributed by atoms with E-state index in [4.69, 9.17) is 4.74 Å². The summed E-state index contributed by atoms with van der Waals surface area (Å²) in [5, 5.41) is 2.54. The molecule has 4 rings (SSSR count). The lowest BCUT2D eigenvalue weighted by Crippen LogP contribution is -2.31. The number of rotatable bonds is 5. The Labute approximate surface area is 181 Å². The second-order valence-corrected chi connectivity index (χ2v) is 7.24. The van der Waals surface area contributed by atoms with Crippen LogP contribution < -0.4 is 20.3 Å². The van der Waals surface area contributed by atoms with Gasteiger partial charge in [-0.2, -0.15) is 0 Å². The largest absolute Gasteiger partial charge is 0.573 e. The summed E-state index contributed by atoms with van der Waals surface area (Å²) in [5.41, 5.74) is 1.73. The number of ether oxygens (including phenoxy) is 2. The summed E-state index contributed by atoms with van der Waals surface area (Å²) >= 11 is 0. The van der Waals surface area contributed by atoms with Crippen molar-refractivity contribution in [2.75, 3.05) is 12.4 Å². The Kier molecular flexibility index (Phi) is 5.65. The highest BCUT2D eigenvalue weighted by molar-refractivity contribution is 6.04. The lowest BCUT2D eigenvalue weighted by Gasteiger charge is -2.17. The van der Waals surface area contributed by atoms with Crippen molar-refractivity contribution in [2.45, 2.75) is 25.2 Å². The number of anilines is 1. The van der Waals surface area contributed by atoms with E-state index in [0.717, 1.165) is 35.4 Å². The number of fused-ring (bicyclic) bond motifs is 1. The molecule has 1 heterocycles. The number of amides is 1. The van der Waals surface area contributed by atoms with Gasteiger partial charge in [-0.05, 0) is 66.4 Å². The monoisotopic (exact) mass is 444 g/mol. The molecule has 0 bridgehead atoms. The summed E-state index contributed by atoms with van der Waals surface area (Å²) in [6, 6.07) is 13.2. The maximum Gasteiger partial charge on any atom is 0.573 e. The molecule has 166 valence electrons. The molecule has 0 saturated carbocycles. The molecule has 6 nitrogen and oxygen atoms in total. The minimum Gasteiger partial charge on any atom is -0.496 e. The Morgan fingerprint density at radius 3 is 2.53 bits per heavy atom. The normalized spacial score (nSPS) is 15.2. The first kappa shape index (κ1) is 21.5. The van der Waals surface area contributed by atoms with Crippen molar-refractivity contribution in [3.63, 3.8) is 0 Å². The Bertz CT molecular complexity index is 1200. The highest BCUT2D eigenvalue weighted by Crippen LogP contribution is 2.38. The van der Waals surface area contributed by atoms with E-state index >= 15 is 0 Å². The van der Waals surface area contributed by atoms with E-state index in [2.05, 4.69) is 10.1 Å². The molecule has 0 aliphatic heterocycles. The molecule has 0 fully saturated rings. The number of nitrogens with zero attached hydrogens (tertiary/aromatic N) is 1. The number of alkyl halides is 3. The fourth-order valence-corrected chi connectivity index (χ4v) is 3.95. The zero-order valence-corrected chi connectivity index (χ0v) is 17.0. The van der Waals surface area contributed by atoms with Crippen molar-refractivity contribution >= 4 is 11.6 Å². The summed E-state index contributed by atoms with van der Waals surface area (Å²) < 4.78 is 47.6. The summed E-state index contributed by atoms with van der Waals surface area (Å²) in [7, 11) is 1.60. The van der Waals surface area contributed by atoms with Gasteiger partial charge < -0.3 is 19.4 Å². The molecular weight excluding hydrogens is 425 g/mol. The molecule has 3 aromatic rings. The van der Waals surface area contributed by atoms with Crippen LogP contribution in [0.4, 0.5) is 18.9 Å². The van der Waals surface area contributed by atoms with E-state index in [1.807, 2.05) is 18.2 Å². The number of benzene rings is 2. The molecule has 1 amide bonds. The molecule has 2 aromatic carbocycles. The summed E-state index contributed by atoms with van der Waals surface area (Å²) in [6.07, 6.45) is -1.72. The number of nitrogens with one attached hydrogen (secondary N) is 1. The van der Waals surface area contributed by atoms with Crippen LogP contribution in [0.25, 0.3) is 0 Å². The third-order valence-electron chi connectivity index (χ3n) is 5.32. The molecule has 1 N–H and O–H groups in total. The first-order valence-electron chi connectivity index (χ1n) is 9.81. The van der Waals surface area contributed by atoms with Crippen LogP contribution in [0, 0.1) is 0 Å². The molecule has 1 atom stereocenters. The highest BCUT2D eigenvalue weighted by atomic mass is 19.4. The standard InChI is InChI=1S/C23H19F3N2O4/c1-31-20-6-2-4-16-17(20)11-12-19(16)28-13-3-5-18(22(28)30)21(29)27-14-7-9-15(10-8-14)32-23(24,25)26/h2-10,13,19H,11-12H2,1H3,(H,27,29). The molecule has 0 radical (unpaired) electrons. The number of methoxy groups -OCH3 is 1. The summed E-state index contributed by atoms with van der Waals surface area (Å²) in [6.45, 7) is 0. The second-order valence-electron chi connectivity index (χ2n) is 7.24. The third-order valence-corrected chi connectivity index (χ3v) is 5.32. The van der Waals surface area contributed by atoms with Crippen molar-refractivity contribution < 1.29 is 27.4 Å². The van der Waals surface area contributed by atoms with Gasteiger partial charge in [0, 0.05) is 11.9 Å². The number of halogens is 3. The maximum absolute atomic E-state index is 13.1. The van der Waals surface area contributed by atoms with Crippen LogP contribution in [0.15, 0.2) is 65.6 Å². The average molecular weight is 444 g/mol. The van der Waals surface area contributed by atoms with Gasteiger partial charge in [0.25, 0.3) is 11.5 Å². The van der Waals surface area contributed by atoms with E-state index in [9.17, 15) is 22.8 Å². The smallest absolute Gasteiger partial charge is 0.496 e. The average Bonchev–Trinajstić information content (AvgIpc) is 3.18. The van der Waals surface area contributed by atoms with Crippen LogP contribution in [-0.2, 0) is 6.42 Å². The predicted octanol–water partition coefficient (Wildman–Crippen LogP) is 4.54. The van der Waals surface area contributed by atoms with Crippen LogP contribution in [0.2, 0.25) is 0 Å². The lowest BCUT2D eigenvalue weighted by molar-refractivity contribution is -0.274. The number of pyridine rings is 1. The predicted molar refractivity (Wildman–Crippen MR) is 111 cm³/mol. The van der Waals surface area contributed by atoms with Crippen molar-refractivity contribution in [2.24, 2.45) is 0 Å². The fraction of sp³-hybridized carbons (Fsp3) is 0.217. The van der Waals surface area contributed by atoms with E-state index < -0.39 is 23.6 Å². The van der Waals surface area contributed by atoms with Gasteiger partial charge >= 0.3 is 6.36 Å². The van der Waals surface area contributed by atoms with Crippen LogP contribution in [0.3, 0.4) is 0 Å². The van der Waals surface area contributed by atoms with Crippen LogP contribution >= 0.6 is 0 Å². The number of hydrogen-bond acceptors (Lipinski definition) is 4. The van der Waals surface area contributed by atoms with Crippen molar-refractivity contribution in [3.8, 4) is 11.5 Å². The molecule has 1 aliphatic rings. The number of carbonyl (C=O) groups excluding carboxylic acids is 1. The van der Waals surface area contributed by atoms with Gasteiger partial charge in [-0.3, -0.25) is 9.59 Å².